The number of rotatable bonds is 5. The van der Waals surface area contributed by atoms with Gasteiger partial charge < -0.3 is 19.5 Å². The van der Waals surface area contributed by atoms with E-state index in [0.717, 1.165) is 43.8 Å². The first-order valence-electron chi connectivity index (χ1n) is 9.58. The van der Waals surface area contributed by atoms with Crippen molar-refractivity contribution in [3.8, 4) is 5.75 Å². The van der Waals surface area contributed by atoms with Crippen LogP contribution in [0.25, 0.3) is 0 Å². The Morgan fingerprint density at radius 2 is 2.04 bits per heavy atom. The molecule has 2 fully saturated rings. The molecule has 144 valence electrons. The van der Waals surface area contributed by atoms with Crippen molar-refractivity contribution in [1.82, 2.24) is 9.80 Å². The maximum absolute atomic E-state index is 12.4. The normalized spacial score (nSPS) is 22.8. The van der Waals surface area contributed by atoms with Gasteiger partial charge in [0.15, 0.2) is 6.61 Å². The van der Waals surface area contributed by atoms with Crippen molar-refractivity contribution >= 4 is 5.91 Å². The molecular weight excluding hydrogens is 332 g/mol. The first-order valence-corrected chi connectivity index (χ1v) is 9.58. The van der Waals surface area contributed by atoms with Crippen LogP contribution in [0.4, 0.5) is 0 Å². The Balaban J connectivity index is 1.56. The summed E-state index contributed by atoms with van der Waals surface area (Å²) in [6, 6.07) is 7.82. The zero-order chi connectivity index (χ0) is 18.4. The summed E-state index contributed by atoms with van der Waals surface area (Å²) in [6.45, 7) is 7.01. The topological polar surface area (TPSA) is 62.2 Å². The van der Waals surface area contributed by atoms with Crippen molar-refractivity contribution in [2.24, 2.45) is 5.92 Å². The number of piperidine rings is 1. The Hall–Kier alpha value is -1.63. The molecule has 0 spiro atoms. The Morgan fingerprint density at radius 3 is 2.85 bits per heavy atom. The maximum atomic E-state index is 12.4. The third kappa shape index (κ3) is 5.43. The number of β-amino-alcohol motifs (C(OH)–C–C–N with tert-alkyl or cyclic N) is 1. The second kappa shape index (κ2) is 9.35. The number of para-hydroxylation sites is 1. The lowest BCUT2D eigenvalue weighted by Crippen LogP contribution is -2.40. The van der Waals surface area contributed by atoms with Crippen molar-refractivity contribution in [3.05, 3.63) is 29.8 Å². The van der Waals surface area contributed by atoms with E-state index < -0.39 is 6.10 Å². The first kappa shape index (κ1) is 19.1. The Kier molecular flexibility index (Phi) is 6.88. The first-order chi connectivity index (χ1) is 12.6. The lowest BCUT2D eigenvalue weighted by molar-refractivity contribution is -0.134. The average Bonchev–Trinajstić information content (AvgIpc) is 2.85. The van der Waals surface area contributed by atoms with Crippen LogP contribution in [0.5, 0.6) is 5.75 Å². The molecule has 2 aliphatic heterocycles. The van der Waals surface area contributed by atoms with Gasteiger partial charge in [-0.1, -0.05) is 25.1 Å². The fourth-order valence-corrected chi connectivity index (χ4v) is 3.50. The van der Waals surface area contributed by atoms with Crippen LogP contribution in [0.3, 0.4) is 0 Å². The molecular formula is C20H30N2O4. The third-order valence-electron chi connectivity index (χ3n) is 5.19. The van der Waals surface area contributed by atoms with E-state index in [1.54, 1.807) is 0 Å². The molecule has 1 aromatic rings. The van der Waals surface area contributed by atoms with Crippen LogP contribution >= 0.6 is 0 Å². The molecule has 1 N–H and O–H groups in total. The molecule has 1 aromatic carbocycles. The van der Waals surface area contributed by atoms with Gasteiger partial charge in [0.1, 0.15) is 5.75 Å². The lowest BCUT2D eigenvalue weighted by Gasteiger charge is -2.30. The second-order valence-electron chi connectivity index (χ2n) is 7.42. The number of hydrogen-bond acceptors (Lipinski definition) is 5. The quantitative estimate of drug-likeness (QED) is 0.860. The van der Waals surface area contributed by atoms with E-state index in [2.05, 4.69) is 11.8 Å². The standard InChI is InChI=1S/C20H30N2O4/c1-16-6-8-22(9-7-16)20(24)15-26-19-5-3-2-4-17(19)12-21-10-11-25-14-18(23)13-21/h2-5,16,18,23H,6-15H2,1H3/t18-/m1/s1. The van der Waals surface area contributed by atoms with Crippen LogP contribution < -0.4 is 4.74 Å². The van der Waals surface area contributed by atoms with Gasteiger partial charge in [0.05, 0.1) is 19.3 Å². The average molecular weight is 362 g/mol. The van der Waals surface area contributed by atoms with Gasteiger partial charge in [0, 0.05) is 38.3 Å². The maximum Gasteiger partial charge on any atom is 0.260 e. The second-order valence-corrected chi connectivity index (χ2v) is 7.42. The SMILES string of the molecule is CC1CCN(C(=O)COc2ccccc2CN2CCOC[C@H](O)C2)CC1. The number of likely N-dealkylation sites (tertiary alicyclic amines) is 1. The van der Waals surface area contributed by atoms with Crippen molar-refractivity contribution in [1.29, 1.82) is 0 Å². The van der Waals surface area contributed by atoms with Gasteiger partial charge in [-0.25, -0.2) is 0 Å². The van der Waals surface area contributed by atoms with E-state index in [1.165, 1.54) is 0 Å². The minimum Gasteiger partial charge on any atom is -0.483 e. The molecule has 6 heteroatoms. The summed E-state index contributed by atoms with van der Waals surface area (Å²) in [5.74, 6) is 1.50. The molecule has 3 rings (SSSR count). The van der Waals surface area contributed by atoms with Crippen LogP contribution in [0, 0.1) is 5.92 Å². The molecule has 1 atom stereocenters. The summed E-state index contributed by atoms with van der Waals surface area (Å²) < 4.78 is 11.3. The summed E-state index contributed by atoms with van der Waals surface area (Å²) in [5.41, 5.74) is 1.03. The van der Waals surface area contributed by atoms with Crippen molar-refractivity contribution in [2.45, 2.75) is 32.4 Å². The van der Waals surface area contributed by atoms with Crippen LogP contribution in [-0.2, 0) is 16.1 Å². The van der Waals surface area contributed by atoms with E-state index in [0.29, 0.717) is 32.2 Å². The molecule has 0 unspecified atom stereocenters. The van der Waals surface area contributed by atoms with Crippen LogP contribution in [0.15, 0.2) is 24.3 Å². The number of benzene rings is 1. The van der Waals surface area contributed by atoms with Gasteiger partial charge >= 0.3 is 0 Å². The number of hydrogen-bond donors (Lipinski definition) is 1. The summed E-state index contributed by atoms with van der Waals surface area (Å²) >= 11 is 0. The molecule has 2 heterocycles. The summed E-state index contributed by atoms with van der Waals surface area (Å²) in [5, 5.41) is 9.90. The number of aliphatic hydroxyl groups excluding tert-OH is 1. The molecule has 2 aliphatic rings. The zero-order valence-corrected chi connectivity index (χ0v) is 15.6. The minimum absolute atomic E-state index is 0.0605. The molecule has 26 heavy (non-hydrogen) atoms. The molecule has 1 amide bonds. The van der Waals surface area contributed by atoms with E-state index in [1.807, 2.05) is 29.2 Å². The molecule has 0 radical (unpaired) electrons. The Labute approximate surface area is 155 Å². The number of carbonyl (C=O) groups is 1. The van der Waals surface area contributed by atoms with Gasteiger partial charge in [-0.05, 0) is 24.8 Å². The Morgan fingerprint density at radius 1 is 1.27 bits per heavy atom. The molecule has 0 aliphatic carbocycles. The van der Waals surface area contributed by atoms with Crippen LogP contribution in [0.2, 0.25) is 0 Å². The minimum atomic E-state index is -0.464. The molecule has 0 aromatic heterocycles. The van der Waals surface area contributed by atoms with Crippen LogP contribution in [-0.4, -0.2) is 72.9 Å². The largest absolute Gasteiger partial charge is 0.483 e. The van der Waals surface area contributed by atoms with Gasteiger partial charge in [0.25, 0.3) is 5.91 Å². The predicted molar refractivity (Wildman–Crippen MR) is 99.0 cm³/mol. The number of amides is 1. The van der Waals surface area contributed by atoms with Crippen molar-refractivity contribution < 1.29 is 19.4 Å². The van der Waals surface area contributed by atoms with Crippen molar-refractivity contribution in [2.75, 3.05) is 46.0 Å². The summed E-state index contributed by atoms with van der Waals surface area (Å²) in [4.78, 5) is 16.5. The molecule has 0 saturated carbocycles. The van der Waals surface area contributed by atoms with Crippen LogP contribution in [0.1, 0.15) is 25.3 Å². The Bertz CT molecular complexity index is 587. The summed E-state index contributed by atoms with van der Waals surface area (Å²) in [6.07, 6.45) is 1.68. The molecule has 2 saturated heterocycles. The highest BCUT2D eigenvalue weighted by Crippen LogP contribution is 2.21. The lowest BCUT2D eigenvalue weighted by atomic mass is 9.99. The summed E-state index contributed by atoms with van der Waals surface area (Å²) in [7, 11) is 0. The van der Waals surface area contributed by atoms with Gasteiger partial charge in [-0.15, -0.1) is 0 Å². The number of nitrogens with zero attached hydrogens (tertiary/aromatic N) is 2. The zero-order valence-electron chi connectivity index (χ0n) is 15.6. The van der Waals surface area contributed by atoms with E-state index in [4.69, 9.17) is 9.47 Å². The highest BCUT2D eigenvalue weighted by atomic mass is 16.5. The predicted octanol–water partition coefficient (Wildman–Crippen LogP) is 1.52. The highest BCUT2D eigenvalue weighted by Gasteiger charge is 2.21. The van der Waals surface area contributed by atoms with E-state index >= 15 is 0 Å². The monoisotopic (exact) mass is 362 g/mol. The molecule has 6 nitrogen and oxygen atoms in total. The third-order valence-corrected chi connectivity index (χ3v) is 5.19. The van der Waals surface area contributed by atoms with Gasteiger partial charge in [-0.3, -0.25) is 9.69 Å². The molecule has 0 bridgehead atoms. The van der Waals surface area contributed by atoms with E-state index in [9.17, 15) is 9.90 Å². The smallest absolute Gasteiger partial charge is 0.260 e. The fraction of sp³-hybridized carbons (Fsp3) is 0.650. The fourth-order valence-electron chi connectivity index (χ4n) is 3.50. The number of ether oxygens (including phenoxy) is 2. The van der Waals surface area contributed by atoms with Gasteiger partial charge in [-0.2, -0.15) is 0 Å². The van der Waals surface area contributed by atoms with E-state index in [-0.39, 0.29) is 12.5 Å². The van der Waals surface area contributed by atoms with Gasteiger partial charge in [0.2, 0.25) is 0 Å². The number of carbonyl (C=O) groups excluding carboxylic acids is 1. The number of aliphatic hydroxyl groups is 1. The highest BCUT2D eigenvalue weighted by molar-refractivity contribution is 5.77. The van der Waals surface area contributed by atoms with Crippen molar-refractivity contribution in [3.63, 3.8) is 0 Å².